The molecule has 1 N–H and O–H groups in total. The minimum Gasteiger partial charge on any atom is -0.305 e. The first-order valence-corrected chi connectivity index (χ1v) is 3.93. The second kappa shape index (κ2) is 13.2. The number of halogens is 1. The second-order valence-electron chi connectivity index (χ2n) is 2.27. The van der Waals surface area contributed by atoms with Gasteiger partial charge in [-0.3, -0.25) is 0 Å². The topological polar surface area (TPSA) is 39.5 Å². The molecule has 0 aromatic carbocycles. The number of hydrogen-bond donors (Lipinski definition) is 1. The molecule has 0 fully saturated rings. The van der Waals surface area contributed by atoms with Crippen LogP contribution in [0.1, 0.15) is 20.8 Å². The van der Waals surface area contributed by atoms with E-state index < -0.39 is 0 Å². The van der Waals surface area contributed by atoms with E-state index >= 15 is 0 Å². The lowest BCUT2D eigenvalue weighted by molar-refractivity contribution is 0.321. The van der Waals surface area contributed by atoms with Crippen LogP contribution in [0, 0.1) is 5.41 Å². The van der Waals surface area contributed by atoms with Crippen LogP contribution < -0.4 is 0 Å². The molecule has 0 aliphatic rings. The second-order valence-corrected chi connectivity index (χ2v) is 2.27. The summed E-state index contributed by atoms with van der Waals surface area (Å²) >= 11 is 0. The van der Waals surface area contributed by atoms with E-state index in [2.05, 4.69) is 16.8 Å². The summed E-state index contributed by atoms with van der Waals surface area (Å²) in [5.41, 5.74) is 0. The van der Waals surface area contributed by atoms with Crippen LogP contribution in [0.3, 0.4) is 0 Å². The van der Waals surface area contributed by atoms with Crippen molar-refractivity contribution in [2.75, 3.05) is 20.6 Å². The van der Waals surface area contributed by atoms with Crippen molar-refractivity contribution in [1.82, 2.24) is 4.90 Å². The SMILES string of the molecule is CC.CC(CN=C=N)N(C)C.Cl. The van der Waals surface area contributed by atoms with Gasteiger partial charge in [0.25, 0.3) is 0 Å². The molecule has 4 heteroatoms. The minimum atomic E-state index is 0. The molecule has 0 aliphatic heterocycles. The van der Waals surface area contributed by atoms with Crippen molar-refractivity contribution in [1.29, 1.82) is 5.41 Å². The summed E-state index contributed by atoms with van der Waals surface area (Å²) in [5.74, 6) is 0. The predicted molar refractivity (Wildman–Crippen MR) is 56.8 cm³/mol. The first-order valence-electron chi connectivity index (χ1n) is 3.93. The Balaban J connectivity index is -0.000000249. The molecule has 0 bridgehead atoms. The lowest BCUT2D eigenvalue weighted by Crippen LogP contribution is -2.27. The van der Waals surface area contributed by atoms with Crippen LogP contribution >= 0.6 is 12.4 Å². The lowest BCUT2D eigenvalue weighted by Gasteiger charge is -2.15. The average molecular weight is 194 g/mol. The summed E-state index contributed by atoms with van der Waals surface area (Å²) in [6, 6.07) is 2.41. The zero-order valence-electron chi connectivity index (χ0n) is 8.59. The Labute approximate surface area is 81.8 Å². The molecule has 0 aliphatic carbocycles. The molecular weight excluding hydrogens is 174 g/mol. The third-order valence-electron chi connectivity index (χ3n) is 1.32. The fourth-order valence-electron chi connectivity index (χ4n) is 0.341. The van der Waals surface area contributed by atoms with Gasteiger partial charge in [-0.25, -0.2) is 10.4 Å². The van der Waals surface area contributed by atoms with Gasteiger partial charge in [0.2, 0.25) is 0 Å². The molecule has 0 aromatic heterocycles. The third kappa shape index (κ3) is 12.3. The van der Waals surface area contributed by atoms with Crippen LogP contribution in [-0.4, -0.2) is 37.6 Å². The summed E-state index contributed by atoms with van der Waals surface area (Å²) in [5, 5.41) is 6.50. The molecule has 74 valence electrons. The summed E-state index contributed by atoms with van der Waals surface area (Å²) in [7, 11) is 3.98. The van der Waals surface area contributed by atoms with Crippen molar-refractivity contribution in [2.45, 2.75) is 26.8 Å². The molecule has 0 saturated heterocycles. The van der Waals surface area contributed by atoms with Crippen molar-refractivity contribution in [3.63, 3.8) is 0 Å². The molecule has 0 spiro atoms. The van der Waals surface area contributed by atoms with Gasteiger partial charge in [-0.1, -0.05) is 13.8 Å². The molecule has 1 unspecified atom stereocenters. The number of rotatable bonds is 3. The first-order chi connectivity index (χ1) is 5.18. The van der Waals surface area contributed by atoms with Gasteiger partial charge in [-0.15, -0.1) is 12.4 Å². The molecule has 0 aromatic rings. The molecule has 0 amide bonds. The van der Waals surface area contributed by atoms with Gasteiger partial charge in [0.15, 0.2) is 0 Å². The molecule has 0 heterocycles. The average Bonchev–Trinajstić information content (AvgIpc) is 2.03. The molecule has 1 atom stereocenters. The Morgan fingerprint density at radius 2 is 1.83 bits per heavy atom. The molecule has 12 heavy (non-hydrogen) atoms. The number of nitrogens with one attached hydrogen (secondary N) is 1. The Hall–Kier alpha value is -0.370. The van der Waals surface area contributed by atoms with E-state index in [1.54, 1.807) is 0 Å². The Morgan fingerprint density at radius 1 is 1.42 bits per heavy atom. The summed E-state index contributed by atoms with van der Waals surface area (Å²) in [4.78, 5) is 5.72. The van der Waals surface area contributed by atoms with Crippen molar-refractivity contribution in [3.05, 3.63) is 0 Å². The largest absolute Gasteiger partial charge is 0.305 e. The van der Waals surface area contributed by atoms with E-state index in [-0.39, 0.29) is 12.4 Å². The molecule has 0 saturated carbocycles. The summed E-state index contributed by atoms with van der Waals surface area (Å²) in [6.07, 6.45) is 0. The van der Waals surface area contributed by atoms with Crippen molar-refractivity contribution in [3.8, 4) is 0 Å². The zero-order valence-corrected chi connectivity index (χ0v) is 9.40. The first kappa shape index (κ1) is 17.6. The van der Waals surface area contributed by atoms with Crippen molar-refractivity contribution >= 4 is 18.4 Å². The number of nitrogens with zero attached hydrogens (tertiary/aromatic N) is 2. The van der Waals surface area contributed by atoms with Gasteiger partial charge in [0, 0.05) is 6.04 Å². The smallest absolute Gasteiger partial charge is 0.0862 e. The van der Waals surface area contributed by atoms with Gasteiger partial charge in [-0.2, -0.15) is 0 Å². The Kier molecular flexibility index (Phi) is 19.5. The summed E-state index contributed by atoms with van der Waals surface area (Å²) in [6.45, 7) is 6.72. The van der Waals surface area contributed by atoms with Crippen LogP contribution in [0.15, 0.2) is 4.99 Å². The molecule has 0 rings (SSSR count). The highest BCUT2D eigenvalue weighted by molar-refractivity contribution is 5.85. The maximum Gasteiger partial charge on any atom is 0.0862 e. The standard InChI is InChI=1S/C6H13N3.C2H6.ClH/c1-6(9(2)3)4-8-5-7;1-2;/h6-7H,4H2,1-3H3;1-2H3;1H. The van der Waals surface area contributed by atoms with Gasteiger partial charge in [-0.05, 0) is 21.0 Å². The zero-order chi connectivity index (χ0) is 9.28. The van der Waals surface area contributed by atoms with E-state index in [4.69, 9.17) is 5.41 Å². The molecule has 0 radical (unpaired) electrons. The fourth-order valence-corrected chi connectivity index (χ4v) is 0.341. The Morgan fingerprint density at radius 3 is 2.08 bits per heavy atom. The molecule has 3 nitrogen and oxygen atoms in total. The van der Waals surface area contributed by atoms with Crippen LogP contribution in [0.5, 0.6) is 0 Å². The van der Waals surface area contributed by atoms with Crippen LogP contribution in [0.25, 0.3) is 0 Å². The number of aliphatic imine (C=N–C) groups is 1. The van der Waals surface area contributed by atoms with E-state index in [1.165, 1.54) is 0 Å². The predicted octanol–water partition coefficient (Wildman–Crippen LogP) is 2.14. The fraction of sp³-hybridized carbons (Fsp3) is 0.875. The quantitative estimate of drug-likeness (QED) is 0.686. The minimum absolute atomic E-state index is 0. The van der Waals surface area contributed by atoms with Gasteiger partial charge in [0.1, 0.15) is 0 Å². The van der Waals surface area contributed by atoms with Gasteiger partial charge in [0.05, 0.1) is 12.6 Å². The van der Waals surface area contributed by atoms with Crippen molar-refractivity contribution < 1.29 is 0 Å². The summed E-state index contributed by atoms with van der Waals surface area (Å²) < 4.78 is 0. The molecular formula is C8H20ClN3. The highest BCUT2D eigenvalue weighted by atomic mass is 35.5. The Bertz CT molecular complexity index is 119. The monoisotopic (exact) mass is 193 g/mol. The van der Waals surface area contributed by atoms with E-state index in [0.29, 0.717) is 12.6 Å². The van der Waals surface area contributed by atoms with Crippen molar-refractivity contribution in [2.24, 2.45) is 4.99 Å². The third-order valence-corrected chi connectivity index (χ3v) is 1.32. The van der Waals surface area contributed by atoms with E-state index in [1.807, 2.05) is 34.0 Å². The number of likely N-dealkylation sites (N-methyl/N-ethyl adjacent to an activating group) is 1. The van der Waals surface area contributed by atoms with Crippen LogP contribution in [-0.2, 0) is 0 Å². The highest BCUT2D eigenvalue weighted by Crippen LogP contribution is 1.89. The van der Waals surface area contributed by atoms with Gasteiger partial charge < -0.3 is 4.90 Å². The maximum absolute atomic E-state index is 6.50. The van der Waals surface area contributed by atoms with Crippen LogP contribution in [0.2, 0.25) is 0 Å². The lowest BCUT2D eigenvalue weighted by atomic mass is 10.3. The normalized spacial score (nSPS) is 10.2. The van der Waals surface area contributed by atoms with Crippen LogP contribution in [0.4, 0.5) is 0 Å². The highest BCUT2D eigenvalue weighted by Gasteiger charge is 2.00. The van der Waals surface area contributed by atoms with E-state index in [9.17, 15) is 0 Å². The van der Waals surface area contributed by atoms with E-state index in [0.717, 1.165) is 0 Å². The van der Waals surface area contributed by atoms with Gasteiger partial charge >= 0.3 is 0 Å². The number of hydrogen-bond acceptors (Lipinski definition) is 3. The maximum atomic E-state index is 6.50.